The monoisotopic (exact) mass is 293 g/mol. The van der Waals surface area contributed by atoms with E-state index in [4.69, 9.17) is 11.6 Å². The second kappa shape index (κ2) is 7.09. The van der Waals surface area contributed by atoms with Gasteiger partial charge in [0.25, 0.3) is 0 Å². The summed E-state index contributed by atoms with van der Waals surface area (Å²) in [6.07, 6.45) is 2.20. The molecule has 102 valence electrons. The molecule has 1 aromatic heterocycles. The number of halogens is 1. The summed E-state index contributed by atoms with van der Waals surface area (Å²) in [5.41, 5.74) is 2.68. The highest BCUT2D eigenvalue weighted by atomic mass is 35.5. The van der Waals surface area contributed by atoms with Crippen LogP contribution in [0, 0.1) is 0 Å². The lowest BCUT2D eigenvalue weighted by molar-refractivity contribution is 0.602. The van der Waals surface area contributed by atoms with Crippen molar-refractivity contribution in [3.8, 4) is 0 Å². The Kier molecular flexibility index (Phi) is 5.44. The predicted octanol–water partition coefficient (Wildman–Crippen LogP) is 5.05. The summed E-state index contributed by atoms with van der Waals surface area (Å²) in [6, 6.07) is 10.7. The van der Waals surface area contributed by atoms with Crippen LogP contribution in [-0.2, 0) is 6.42 Å². The highest BCUT2D eigenvalue weighted by Gasteiger charge is 2.17. The normalized spacial score (nSPS) is 12.6. The zero-order valence-corrected chi connectivity index (χ0v) is 13.0. The van der Waals surface area contributed by atoms with Gasteiger partial charge in [0.1, 0.15) is 0 Å². The smallest absolute Gasteiger partial charge is 0.0674 e. The van der Waals surface area contributed by atoms with Crippen molar-refractivity contribution in [1.82, 2.24) is 5.32 Å². The lowest BCUT2D eigenvalue weighted by Gasteiger charge is -2.19. The fraction of sp³-hybridized carbons (Fsp3) is 0.375. The number of nitrogens with one attached hydrogen (secondary N) is 1. The molecule has 0 saturated heterocycles. The van der Waals surface area contributed by atoms with E-state index < -0.39 is 0 Å². The molecular weight excluding hydrogens is 274 g/mol. The first-order valence-electron chi connectivity index (χ1n) is 6.81. The third kappa shape index (κ3) is 3.59. The summed E-state index contributed by atoms with van der Waals surface area (Å²) in [5, 5.41) is 6.62. The quantitative estimate of drug-likeness (QED) is 0.785. The molecule has 1 aromatic carbocycles. The van der Waals surface area contributed by atoms with Crippen molar-refractivity contribution < 1.29 is 0 Å². The van der Waals surface area contributed by atoms with Gasteiger partial charge >= 0.3 is 0 Å². The average Bonchev–Trinajstić information content (AvgIpc) is 2.88. The molecule has 0 aliphatic heterocycles. The van der Waals surface area contributed by atoms with Crippen molar-refractivity contribution in [2.75, 3.05) is 6.54 Å². The molecule has 1 atom stereocenters. The largest absolute Gasteiger partial charge is 0.306 e. The van der Waals surface area contributed by atoms with Crippen LogP contribution in [0.4, 0.5) is 0 Å². The maximum Gasteiger partial charge on any atom is 0.0674 e. The molecule has 19 heavy (non-hydrogen) atoms. The molecule has 0 bridgehead atoms. The van der Waals surface area contributed by atoms with Crippen LogP contribution in [0.3, 0.4) is 0 Å². The summed E-state index contributed by atoms with van der Waals surface area (Å²) in [6.45, 7) is 5.41. The molecule has 1 heterocycles. The highest BCUT2D eigenvalue weighted by Crippen LogP contribution is 2.31. The van der Waals surface area contributed by atoms with Crippen molar-refractivity contribution in [2.24, 2.45) is 0 Å². The van der Waals surface area contributed by atoms with E-state index in [9.17, 15) is 0 Å². The molecule has 1 unspecified atom stereocenters. The minimum atomic E-state index is 0.258. The zero-order valence-electron chi connectivity index (χ0n) is 11.4. The molecule has 0 fully saturated rings. The number of hydrogen-bond acceptors (Lipinski definition) is 2. The summed E-state index contributed by atoms with van der Waals surface area (Å²) < 4.78 is 0. The molecule has 2 aromatic rings. The molecule has 0 aliphatic carbocycles. The van der Waals surface area contributed by atoms with Crippen LogP contribution in [0.25, 0.3) is 0 Å². The summed E-state index contributed by atoms with van der Waals surface area (Å²) in [7, 11) is 0. The Balaban J connectivity index is 2.35. The number of hydrogen-bond donors (Lipinski definition) is 1. The molecule has 0 aliphatic rings. The van der Waals surface area contributed by atoms with Crippen LogP contribution in [-0.4, -0.2) is 6.54 Å². The van der Waals surface area contributed by atoms with Gasteiger partial charge in [-0.3, -0.25) is 0 Å². The summed E-state index contributed by atoms with van der Waals surface area (Å²) in [5.74, 6) is 0. The molecule has 2 rings (SSSR count). The number of rotatable bonds is 6. The van der Waals surface area contributed by atoms with Crippen LogP contribution in [0.2, 0.25) is 5.02 Å². The Morgan fingerprint density at radius 2 is 2.11 bits per heavy atom. The molecule has 0 radical (unpaired) electrons. The van der Waals surface area contributed by atoms with Crippen molar-refractivity contribution in [2.45, 2.75) is 32.7 Å². The predicted molar refractivity (Wildman–Crippen MR) is 85.3 cm³/mol. The van der Waals surface area contributed by atoms with E-state index in [1.54, 1.807) is 0 Å². The fourth-order valence-electron chi connectivity index (χ4n) is 2.23. The second-order valence-electron chi connectivity index (χ2n) is 4.61. The van der Waals surface area contributed by atoms with Crippen molar-refractivity contribution in [3.05, 3.63) is 56.7 Å². The Bertz CT molecular complexity index is 521. The van der Waals surface area contributed by atoms with Gasteiger partial charge in [-0.05, 0) is 54.1 Å². The van der Waals surface area contributed by atoms with Crippen molar-refractivity contribution >= 4 is 22.9 Å². The minimum absolute atomic E-state index is 0.258. The van der Waals surface area contributed by atoms with Gasteiger partial charge in [-0.2, -0.15) is 0 Å². The average molecular weight is 294 g/mol. The van der Waals surface area contributed by atoms with E-state index in [0.717, 1.165) is 24.4 Å². The van der Waals surface area contributed by atoms with E-state index >= 15 is 0 Å². The third-order valence-electron chi connectivity index (χ3n) is 3.20. The van der Waals surface area contributed by atoms with Crippen LogP contribution in [0.1, 0.15) is 42.3 Å². The Hall–Kier alpha value is -0.830. The number of aryl methyl sites for hydroxylation is 1. The minimum Gasteiger partial charge on any atom is -0.306 e. The van der Waals surface area contributed by atoms with Crippen molar-refractivity contribution in [3.63, 3.8) is 0 Å². The highest BCUT2D eigenvalue weighted by molar-refractivity contribution is 7.10. The first-order chi connectivity index (χ1) is 9.26. The molecule has 1 nitrogen and oxygen atoms in total. The number of benzene rings is 1. The SMILES string of the molecule is CCCNC(c1cccc(Cl)c1)c1sccc1CC. The Labute approximate surface area is 124 Å². The molecule has 3 heteroatoms. The third-order valence-corrected chi connectivity index (χ3v) is 4.46. The first-order valence-corrected chi connectivity index (χ1v) is 8.07. The zero-order chi connectivity index (χ0) is 13.7. The number of thiophene rings is 1. The standard InChI is InChI=1S/C16H20ClNS/c1-3-9-18-15(13-6-5-7-14(17)11-13)16-12(4-2)8-10-19-16/h5-8,10-11,15,18H,3-4,9H2,1-2H3. The van der Waals surface area contributed by atoms with Crippen LogP contribution < -0.4 is 5.32 Å². The molecular formula is C16H20ClNS. The van der Waals surface area contributed by atoms with Gasteiger partial charge in [0.15, 0.2) is 0 Å². The first kappa shape index (κ1) is 14.6. The van der Waals surface area contributed by atoms with Gasteiger partial charge < -0.3 is 5.32 Å². The van der Waals surface area contributed by atoms with Gasteiger partial charge in [0.2, 0.25) is 0 Å². The molecule has 0 amide bonds. The second-order valence-corrected chi connectivity index (χ2v) is 5.99. The Morgan fingerprint density at radius 1 is 1.26 bits per heavy atom. The topological polar surface area (TPSA) is 12.0 Å². The van der Waals surface area contributed by atoms with E-state index in [1.807, 2.05) is 23.5 Å². The van der Waals surface area contributed by atoms with E-state index in [-0.39, 0.29) is 6.04 Å². The van der Waals surface area contributed by atoms with Crippen LogP contribution in [0.5, 0.6) is 0 Å². The van der Waals surface area contributed by atoms with Gasteiger partial charge in [-0.1, -0.05) is 37.6 Å². The van der Waals surface area contributed by atoms with E-state index in [1.165, 1.54) is 16.0 Å². The van der Waals surface area contributed by atoms with Gasteiger partial charge in [-0.15, -0.1) is 11.3 Å². The molecule has 0 spiro atoms. The molecule has 1 N–H and O–H groups in total. The lowest BCUT2D eigenvalue weighted by atomic mass is 10.0. The maximum atomic E-state index is 6.13. The van der Waals surface area contributed by atoms with E-state index in [0.29, 0.717) is 0 Å². The van der Waals surface area contributed by atoms with Gasteiger partial charge in [0, 0.05) is 9.90 Å². The lowest BCUT2D eigenvalue weighted by Crippen LogP contribution is -2.23. The molecule has 0 saturated carbocycles. The van der Waals surface area contributed by atoms with Gasteiger partial charge in [-0.25, -0.2) is 0 Å². The van der Waals surface area contributed by atoms with Crippen LogP contribution in [0.15, 0.2) is 35.7 Å². The van der Waals surface area contributed by atoms with Crippen LogP contribution >= 0.6 is 22.9 Å². The maximum absolute atomic E-state index is 6.13. The Morgan fingerprint density at radius 3 is 2.79 bits per heavy atom. The fourth-order valence-corrected chi connectivity index (χ4v) is 3.53. The van der Waals surface area contributed by atoms with E-state index in [2.05, 4.69) is 42.7 Å². The summed E-state index contributed by atoms with van der Waals surface area (Å²) in [4.78, 5) is 1.42. The summed E-state index contributed by atoms with van der Waals surface area (Å²) >= 11 is 7.96. The van der Waals surface area contributed by atoms with Crippen molar-refractivity contribution in [1.29, 1.82) is 0 Å². The van der Waals surface area contributed by atoms with Gasteiger partial charge in [0.05, 0.1) is 6.04 Å².